The first-order chi connectivity index (χ1) is 8.74. The van der Waals surface area contributed by atoms with E-state index in [1.54, 1.807) is 6.07 Å². The van der Waals surface area contributed by atoms with Gasteiger partial charge in [0.2, 0.25) is 0 Å². The first-order valence-electron chi connectivity index (χ1n) is 6.62. The minimum Gasteiger partial charge on any atom is -0.395 e. The van der Waals surface area contributed by atoms with Crippen LogP contribution in [-0.2, 0) is 6.42 Å². The van der Waals surface area contributed by atoms with Crippen molar-refractivity contribution in [2.45, 2.75) is 25.8 Å². The second-order valence-electron chi connectivity index (χ2n) is 4.80. The first-order valence-corrected chi connectivity index (χ1v) is 6.62. The van der Waals surface area contributed by atoms with Gasteiger partial charge in [-0.25, -0.2) is 4.39 Å². The van der Waals surface area contributed by atoms with Gasteiger partial charge in [-0.05, 0) is 37.1 Å². The van der Waals surface area contributed by atoms with Gasteiger partial charge in [-0.1, -0.05) is 13.0 Å². The third kappa shape index (κ3) is 3.00. The van der Waals surface area contributed by atoms with Crippen molar-refractivity contribution in [3.05, 3.63) is 29.6 Å². The molecule has 1 unspecified atom stereocenters. The molecular formula is C14H21FN2O. The van der Waals surface area contributed by atoms with Crippen molar-refractivity contribution in [3.63, 3.8) is 0 Å². The van der Waals surface area contributed by atoms with Gasteiger partial charge in [-0.15, -0.1) is 0 Å². The zero-order valence-corrected chi connectivity index (χ0v) is 10.8. The molecule has 1 atom stereocenters. The maximum atomic E-state index is 13.3. The summed E-state index contributed by atoms with van der Waals surface area (Å²) in [6.45, 7) is 4.74. The Hall–Kier alpha value is -1.13. The second-order valence-corrected chi connectivity index (χ2v) is 4.80. The molecule has 0 aliphatic carbocycles. The van der Waals surface area contributed by atoms with E-state index in [-0.39, 0.29) is 18.5 Å². The number of hydrogen-bond acceptors (Lipinski definition) is 3. The fourth-order valence-electron chi connectivity index (χ4n) is 2.41. The highest BCUT2D eigenvalue weighted by Gasteiger charge is 2.21. The number of halogens is 1. The van der Waals surface area contributed by atoms with E-state index in [9.17, 15) is 9.50 Å². The smallest absolute Gasteiger partial charge is 0.125 e. The maximum Gasteiger partial charge on any atom is 0.125 e. The lowest BCUT2D eigenvalue weighted by Gasteiger charge is -2.25. The van der Waals surface area contributed by atoms with Gasteiger partial charge in [0.15, 0.2) is 0 Å². The van der Waals surface area contributed by atoms with Crippen LogP contribution in [0.4, 0.5) is 10.1 Å². The predicted molar refractivity (Wildman–Crippen MR) is 71.5 cm³/mol. The summed E-state index contributed by atoms with van der Waals surface area (Å²) in [5.74, 6) is -0.192. The van der Waals surface area contributed by atoms with Gasteiger partial charge in [-0.3, -0.25) is 0 Å². The van der Waals surface area contributed by atoms with Gasteiger partial charge < -0.3 is 15.3 Å². The number of fused-ring (bicyclic) bond motifs is 1. The van der Waals surface area contributed by atoms with E-state index in [4.69, 9.17) is 0 Å². The van der Waals surface area contributed by atoms with Crippen molar-refractivity contribution in [2.75, 3.05) is 31.1 Å². The minimum atomic E-state index is -0.192. The molecule has 0 saturated carbocycles. The number of nitrogens with one attached hydrogen (secondary N) is 1. The van der Waals surface area contributed by atoms with Crippen LogP contribution in [0.15, 0.2) is 18.2 Å². The highest BCUT2D eigenvalue weighted by molar-refractivity contribution is 5.58. The molecule has 0 bridgehead atoms. The van der Waals surface area contributed by atoms with Gasteiger partial charge in [0.25, 0.3) is 0 Å². The molecule has 18 heavy (non-hydrogen) atoms. The minimum absolute atomic E-state index is 0.0548. The number of hydrogen-bond donors (Lipinski definition) is 2. The Bertz CT molecular complexity index is 397. The van der Waals surface area contributed by atoms with Crippen LogP contribution < -0.4 is 10.2 Å². The number of nitrogens with zero attached hydrogens (tertiary/aromatic N) is 1. The molecule has 0 spiro atoms. The number of anilines is 1. The van der Waals surface area contributed by atoms with Crippen molar-refractivity contribution in [3.8, 4) is 0 Å². The monoisotopic (exact) mass is 252 g/mol. The molecule has 1 aliphatic heterocycles. The van der Waals surface area contributed by atoms with E-state index in [1.165, 1.54) is 11.6 Å². The second kappa shape index (κ2) is 6.16. The Morgan fingerprint density at radius 1 is 1.50 bits per heavy atom. The van der Waals surface area contributed by atoms with E-state index >= 15 is 0 Å². The summed E-state index contributed by atoms with van der Waals surface area (Å²) in [6.07, 6.45) is 2.00. The summed E-state index contributed by atoms with van der Waals surface area (Å²) < 4.78 is 13.3. The molecule has 0 fully saturated rings. The maximum absolute atomic E-state index is 13.3. The molecule has 1 aliphatic rings. The predicted octanol–water partition coefficient (Wildman–Crippen LogP) is 1.55. The summed E-state index contributed by atoms with van der Waals surface area (Å²) in [5, 5.41) is 12.7. The summed E-state index contributed by atoms with van der Waals surface area (Å²) in [5.41, 5.74) is 2.18. The van der Waals surface area contributed by atoms with E-state index in [0.717, 1.165) is 38.2 Å². The van der Waals surface area contributed by atoms with Crippen LogP contribution in [0.1, 0.15) is 18.9 Å². The molecule has 0 amide bonds. The third-order valence-electron chi connectivity index (χ3n) is 3.38. The number of aliphatic hydroxyl groups is 1. The van der Waals surface area contributed by atoms with Crippen LogP contribution in [0.3, 0.4) is 0 Å². The largest absolute Gasteiger partial charge is 0.395 e. The lowest BCUT2D eigenvalue weighted by Crippen LogP contribution is -2.43. The summed E-state index contributed by atoms with van der Waals surface area (Å²) >= 11 is 0. The average molecular weight is 252 g/mol. The Kier molecular flexibility index (Phi) is 4.55. The van der Waals surface area contributed by atoms with Crippen LogP contribution in [0.25, 0.3) is 0 Å². The van der Waals surface area contributed by atoms with Gasteiger partial charge in [0, 0.05) is 24.8 Å². The summed E-state index contributed by atoms with van der Waals surface area (Å²) in [6, 6.07) is 5.02. The molecule has 100 valence electrons. The van der Waals surface area contributed by atoms with E-state index in [2.05, 4.69) is 17.1 Å². The molecule has 0 aromatic heterocycles. The van der Waals surface area contributed by atoms with Crippen LogP contribution in [0.5, 0.6) is 0 Å². The van der Waals surface area contributed by atoms with Gasteiger partial charge in [-0.2, -0.15) is 0 Å². The van der Waals surface area contributed by atoms with Crippen molar-refractivity contribution in [2.24, 2.45) is 0 Å². The first kappa shape index (κ1) is 13.3. The molecule has 0 radical (unpaired) electrons. The highest BCUT2D eigenvalue weighted by atomic mass is 19.1. The number of benzene rings is 1. The van der Waals surface area contributed by atoms with Crippen LogP contribution in [0, 0.1) is 5.82 Å². The molecule has 2 N–H and O–H groups in total. The molecule has 1 aromatic carbocycles. The van der Waals surface area contributed by atoms with Crippen molar-refractivity contribution in [1.82, 2.24) is 5.32 Å². The lowest BCUT2D eigenvalue weighted by molar-refractivity contribution is 0.244. The summed E-state index contributed by atoms with van der Waals surface area (Å²) in [7, 11) is 0. The van der Waals surface area contributed by atoms with Crippen molar-refractivity contribution >= 4 is 5.69 Å². The fourth-order valence-corrected chi connectivity index (χ4v) is 2.41. The standard InChI is InChI=1S/C14H21FN2O/c1-2-6-16-13(10-18)9-17-7-5-11-3-4-12(15)8-14(11)17/h3-4,8,13,16,18H,2,5-7,9-10H2,1H3. The molecule has 1 aromatic rings. The van der Waals surface area contributed by atoms with Gasteiger partial charge >= 0.3 is 0 Å². The third-order valence-corrected chi connectivity index (χ3v) is 3.38. The lowest BCUT2D eigenvalue weighted by atomic mass is 10.1. The zero-order chi connectivity index (χ0) is 13.0. The molecule has 0 saturated heterocycles. The average Bonchev–Trinajstić information content (AvgIpc) is 2.77. The normalized spacial score (nSPS) is 15.8. The number of aliphatic hydroxyl groups excluding tert-OH is 1. The number of rotatable bonds is 6. The Balaban J connectivity index is 2.01. The highest BCUT2D eigenvalue weighted by Crippen LogP contribution is 2.28. The Morgan fingerprint density at radius 2 is 2.33 bits per heavy atom. The van der Waals surface area contributed by atoms with Crippen LogP contribution in [0.2, 0.25) is 0 Å². The zero-order valence-electron chi connectivity index (χ0n) is 10.8. The van der Waals surface area contributed by atoms with E-state index < -0.39 is 0 Å². The van der Waals surface area contributed by atoms with E-state index in [1.807, 2.05) is 6.07 Å². The van der Waals surface area contributed by atoms with Crippen LogP contribution >= 0.6 is 0 Å². The SMILES string of the molecule is CCCNC(CO)CN1CCc2ccc(F)cc21. The molecule has 2 rings (SSSR count). The molecular weight excluding hydrogens is 231 g/mol. The molecule has 4 heteroatoms. The summed E-state index contributed by atoms with van der Waals surface area (Å²) in [4.78, 5) is 2.15. The van der Waals surface area contributed by atoms with E-state index in [0.29, 0.717) is 0 Å². The van der Waals surface area contributed by atoms with Crippen molar-refractivity contribution < 1.29 is 9.50 Å². The fraction of sp³-hybridized carbons (Fsp3) is 0.571. The van der Waals surface area contributed by atoms with Gasteiger partial charge in [0.05, 0.1) is 6.61 Å². The van der Waals surface area contributed by atoms with Crippen molar-refractivity contribution in [1.29, 1.82) is 0 Å². The molecule has 1 heterocycles. The Labute approximate surface area is 108 Å². The molecule has 3 nitrogen and oxygen atoms in total. The topological polar surface area (TPSA) is 35.5 Å². The Morgan fingerprint density at radius 3 is 3.06 bits per heavy atom. The van der Waals surface area contributed by atoms with Crippen LogP contribution in [-0.4, -0.2) is 37.4 Å². The van der Waals surface area contributed by atoms with Gasteiger partial charge in [0.1, 0.15) is 5.82 Å². The quantitative estimate of drug-likeness (QED) is 0.806.